The number of halogens is 1. The highest BCUT2D eigenvalue weighted by Gasteiger charge is 1.92. The zero-order chi connectivity index (χ0) is 8.81. The molecule has 0 amide bonds. The fourth-order valence-electron chi connectivity index (χ4n) is 0.655. The summed E-state index contributed by atoms with van der Waals surface area (Å²) in [7, 11) is 0. The van der Waals surface area contributed by atoms with Crippen LogP contribution in [0.2, 0.25) is 0 Å². The smallest absolute Gasteiger partial charge is 0.147 e. The third kappa shape index (κ3) is 3.16. The van der Waals surface area contributed by atoms with Crippen molar-refractivity contribution in [1.82, 2.24) is 0 Å². The van der Waals surface area contributed by atoms with E-state index in [0.717, 1.165) is 22.0 Å². The number of benzene rings is 1. The third-order valence-corrected chi connectivity index (χ3v) is 2.06. The Morgan fingerprint density at radius 1 is 1.42 bits per heavy atom. The quantitative estimate of drug-likeness (QED) is 0.465. The maximum Gasteiger partial charge on any atom is 0.147 e. The molecule has 0 saturated carbocycles. The third-order valence-electron chi connectivity index (χ3n) is 1.16. The molecule has 12 heavy (non-hydrogen) atoms. The highest BCUT2D eigenvalue weighted by atomic mass is 79.9. The van der Waals surface area contributed by atoms with Crippen LogP contribution in [-0.4, -0.2) is 5.94 Å². The van der Waals surface area contributed by atoms with Gasteiger partial charge in [-0.2, -0.15) is 5.26 Å². The minimum absolute atomic E-state index is 0.373. The monoisotopic (exact) mass is 243 g/mol. The topological polar surface area (TPSA) is 33.0 Å². The van der Waals surface area contributed by atoms with Crippen LogP contribution in [0.3, 0.4) is 0 Å². The molecule has 0 aliphatic carbocycles. The summed E-state index contributed by atoms with van der Waals surface area (Å²) in [5.41, 5.74) is 0. The molecule has 0 radical (unpaired) electrons. The zero-order valence-corrected chi connectivity index (χ0v) is 8.56. The van der Waals surface area contributed by atoms with Crippen LogP contribution in [0.5, 0.6) is 5.75 Å². The summed E-state index contributed by atoms with van der Waals surface area (Å²) in [5.74, 6) is 1.15. The molecule has 62 valence electrons. The second-order valence-corrected chi connectivity index (χ2v) is 3.57. The van der Waals surface area contributed by atoms with Gasteiger partial charge in [0.25, 0.3) is 0 Å². The number of ether oxygens (including phenoxy) is 1. The summed E-state index contributed by atoms with van der Waals surface area (Å²) in [4.78, 5) is 0. The summed E-state index contributed by atoms with van der Waals surface area (Å²) in [5, 5.41) is 10.1. The number of nitrogens with zero attached hydrogens (tertiary/aromatic N) is 1. The number of nitriles is 1. The summed E-state index contributed by atoms with van der Waals surface area (Å²) < 4.78 is 6.24. The molecule has 0 bridgehead atoms. The number of thioether (sulfide) groups is 1. The Balaban J connectivity index is 2.43. The van der Waals surface area contributed by atoms with E-state index in [-0.39, 0.29) is 0 Å². The normalized spacial score (nSPS) is 9.00. The van der Waals surface area contributed by atoms with E-state index >= 15 is 0 Å². The van der Waals surface area contributed by atoms with Gasteiger partial charge in [0.15, 0.2) is 0 Å². The molecule has 0 atom stereocenters. The molecular formula is C8H6BrNOS. The largest absolute Gasteiger partial charge is 0.482 e. The lowest BCUT2D eigenvalue weighted by Gasteiger charge is -2.01. The van der Waals surface area contributed by atoms with Crippen molar-refractivity contribution in [2.75, 3.05) is 5.94 Å². The van der Waals surface area contributed by atoms with Crippen molar-refractivity contribution < 1.29 is 4.74 Å². The maximum atomic E-state index is 8.21. The van der Waals surface area contributed by atoms with E-state index < -0.39 is 0 Å². The Labute approximate surface area is 83.7 Å². The SMILES string of the molecule is N#CSCOc1ccc(Br)cc1. The van der Waals surface area contributed by atoms with Gasteiger partial charge in [-0.25, -0.2) is 0 Å². The molecule has 0 N–H and O–H groups in total. The molecule has 0 aromatic heterocycles. The minimum atomic E-state index is 0.373. The molecule has 0 saturated heterocycles. The van der Waals surface area contributed by atoms with Crippen molar-refractivity contribution in [3.8, 4) is 11.2 Å². The molecule has 2 nitrogen and oxygen atoms in total. The Kier molecular flexibility index (Phi) is 3.98. The number of hydrogen-bond acceptors (Lipinski definition) is 3. The summed E-state index contributed by atoms with van der Waals surface area (Å²) in [6, 6.07) is 7.49. The predicted octanol–water partition coefficient (Wildman–Crippen LogP) is 3.00. The molecule has 0 fully saturated rings. The zero-order valence-electron chi connectivity index (χ0n) is 6.16. The average Bonchev–Trinajstić information content (AvgIpc) is 2.09. The van der Waals surface area contributed by atoms with Crippen LogP contribution in [-0.2, 0) is 0 Å². The van der Waals surface area contributed by atoms with Crippen LogP contribution >= 0.6 is 27.7 Å². The first-order valence-electron chi connectivity index (χ1n) is 3.22. The van der Waals surface area contributed by atoms with Gasteiger partial charge in [0.2, 0.25) is 0 Å². The molecule has 0 aliphatic rings. The maximum absolute atomic E-state index is 8.21. The lowest BCUT2D eigenvalue weighted by Crippen LogP contribution is -1.90. The van der Waals surface area contributed by atoms with Gasteiger partial charge in [-0.3, -0.25) is 0 Å². The van der Waals surface area contributed by atoms with Crippen LogP contribution in [0.25, 0.3) is 0 Å². The molecule has 0 spiro atoms. The van der Waals surface area contributed by atoms with Crippen molar-refractivity contribution in [2.24, 2.45) is 0 Å². The predicted molar refractivity (Wildman–Crippen MR) is 52.8 cm³/mol. The van der Waals surface area contributed by atoms with Crippen molar-refractivity contribution in [3.05, 3.63) is 28.7 Å². The van der Waals surface area contributed by atoms with Crippen LogP contribution in [0.4, 0.5) is 0 Å². The van der Waals surface area contributed by atoms with Crippen molar-refractivity contribution in [2.45, 2.75) is 0 Å². The molecule has 0 aliphatic heterocycles. The molecule has 1 aromatic rings. The molecule has 0 heterocycles. The molecule has 0 unspecified atom stereocenters. The van der Waals surface area contributed by atoms with Gasteiger partial charge in [-0.05, 0) is 36.0 Å². The molecule has 1 rings (SSSR count). The molecular weight excluding hydrogens is 238 g/mol. The number of rotatable bonds is 3. The highest BCUT2D eigenvalue weighted by molar-refractivity contribution is 9.10. The van der Waals surface area contributed by atoms with Crippen LogP contribution in [0.15, 0.2) is 28.7 Å². The number of hydrogen-bond donors (Lipinski definition) is 0. The first-order valence-corrected chi connectivity index (χ1v) is 5.00. The molecule has 1 aromatic carbocycles. The van der Waals surface area contributed by atoms with Crippen molar-refractivity contribution in [1.29, 1.82) is 5.26 Å². The second-order valence-electron chi connectivity index (χ2n) is 1.95. The standard InChI is InChI=1S/C8H6BrNOS/c9-7-1-3-8(4-2-7)11-6-12-5-10/h1-4H,6H2. The first-order chi connectivity index (χ1) is 5.83. The summed E-state index contributed by atoms with van der Waals surface area (Å²) in [6.45, 7) is 0. The van der Waals surface area contributed by atoms with E-state index in [9.17, 15) is 0 Å². The van der Waals surface area contributed by atoms with E-state index in [1.807, 2.05) is 29.7 Å². The fourth-order valence-corrected chi connectivity index (χ4v) is 1.17. The van der Waals surface area contributed by atoms with Crippen molar-refractivity contribution >= 4 is 27.7 Å². The van der Waals surface area contributed by atoms with Gasteiger partial charge >= 0.3 is 0 Å². The van der Waals surface area contributed by atoms with E-state index in [1.165, 1.54) is 0 Å². The lowest BCUT2D eigenvalue weighted by molar-refractivity contribution is 0.394. The van der Waals surface area contributed by atoms with Crippen LogP contribution < -0.4 is 4.74 Å². The Hall–Kier alpha value is -0.660. The van der Waals surface area contributed by atoms with E-state index in [4.69, 9.17) is 10.00 Å². The van der Waals surface area contributed by atoms with Crippen molar-refractivity contribution in [3.63, 3.8) is 0 Å². The van der Waals surface area contributed by atoms with Gasteiger partial charge in [0.05, 0.1) is 0 Å². The summed E-state index contributed by atoms with van der Waals surface area (Å²) in [6.07, 6.45) is 0. The van der Waals surface area contributed by atoms with Gasteiger partial charge in [0.1, 0.15) is 17.1 Å². The van der Waals surface area contributed by atoms with Crippen LogP contribution in [0, 0.1) is 10.7 Å². The Bertz CT molecular complexity index is 280. The van der Waals surface area contributed by atoms with E-state index in [1.54, 1.807) is 0 Å². The first kappa shape index (κ1) is 9.43. The van der Waals surface area contributed by atoms with Gasteiger partial charge < -0.3 is 4.74 Å². The number of thiocyanates is 1. The Morgan fingerprint density at radius 2 is 2.08 bits per heavy atom. The molecule has 4 heteroatoms. The second kappa shape index (κ2) is 5.07. The minimum Gasteiger partial charge on any atom is -0.482 e. The van der Waals surface area contributed by atoms with Gasteiger partial charge in [-0.1, -0.05) is 15.9 Å². The van der Waals surface area contributed by atoms with E-state index in [2.05, 4.69) is 15.9 Å². The average molecular weight is 244 g/mol. The lowest BCUT2D eigenvalue weighted by atomic mass is 10.3. The van der Waals surface area contributed by atoms with Gasteiger partial charge in [0, 0.05) is 4.47 Å². The van der Waals surface area contributed by atoms with Crippen LogP contribution in [0.1, 0.15) is 0 Å². The van der Waals surface area contributed by atoms with Gasteiger partial charge in [-0.15, -0.1) is 0 Å². The fraction of sp³-hybridized carbons (Fsp3) is 0.125. The highest BCUT2D eigenvalue weighted by Crippen LogP contribution is 2.16. The summed E-state index contributed by atoms with van der Waals surface area (Å²) >= 11 is 4.39. The van der Waals surface area contributed by atoms with E-state index in [0.29, 0.717) is 5.94 Å². The Morgan fingerprint density at radius 3 is 2.67 bits per heavy atom.